The molecule has 4 heteroatoms. The molecule has 0 spiro atoms. The second-order valence-electron chi connectivity index (χ2n) is 9.06. The summed E-state index contributed by atoms with van der Waals surface area (Å²) in [4.78, 5) is 1.37. The molecule has 1 unspecified atom stereocenters. The topological polar surface area (TPSA) is 20.2 Å². The standard InChI is InChI=1S/C29H41N3S/c1-8-14-21(3)28-23(5)31(7)24(6)29(28)33-32-20-13-17-27(32)22(4)30-19-18-25(9-2)26-15-11-10-12-16-26/h9-12,15-16,27,30H,3-4,8,13-14,17-20H2,1-2,5-7H3/b25-9+. The maximum atomic E-state index is 4.45. The van der Waals surface area contributed by atoms with E-state index in [2.05, 4.69) is 98.5 Å². The summed E-state index contributed by atoms with van der Waals surface area (Å²) in [5.74, 6) is 0. The van der Waals surface area contributed by atoms with Gasteiger partial charge in [0.25, 0.3) is 0 Å². The molecule has 0 saturated carbocycles. The molecule has 0 bridgehead atoms. The van der Waals surface area contributed by atoms with E-state index in [0.29, 0.717) is 6.04 Å². The number of rotatable bonds is 11. The Balaban J connectivity index is 1.66. The van der Waals surface area contributed by atoms with E-state index in [0.717, 1.165) is 44.5 Å². The largest absolute Gasteiger partial charge is 0.387 e. The van der Waals surface area contributed by atoms with Crippen LogP contribution in [0.4, 0.5) is 0 Å². The summed E-state index contributed by atoms with van der Waals surface area (Å²) in [5.41, 5.74) is 9.09. The van der Waals surface area contributed by atoms with Crippen molar-refractivity contribution in [2.24, 2.45) is 7.05 Å². The number of hydrogen-bond acceptors (Lipinski definition) is 3. The number of allylic oxidation sites excluding steroid dienone is 2. The Morgan fingerprint density at radius 3 is 2.55 bits per heavy atom. The molecule has 0 amide bonds. The van der Waals surface area contributed by atoms with Gasteiger partial charge in [-0.1, -0.05) is 62.9 Å². The van der Waals surface area contributed by atoms with Gasteiger partial charge in [-0.3, -0.25) is 0 Å². The van der Waals surface area contributed by atoms with Crippen molar-refractivity contribution in [3.8, 4) is 0 Å². The third kappa shape index (κ3) is 5.85. The molecule has 2 aromatic rings. The van der Waals surface area contributed by atoms with Gasteiger partial charge in [0.2, 0.25) is 0 Å². The first-order valence-electron chi connectivity index (χ1n) is 12.3. The van der Waals surface area contributed by atoms with Crippen LogP contribution in [0.25, 0.3) is 11.1 Å². The predicted molar refractivity (Wildman–Crippen MR) is 146 cm³/mol. The van der Waals surface area contributed by atoms with E-state index in [1.807, 2.05) is 11.9 Å². The molecule has 3 rings (SSSR count). The van der Waals surface area contributed by atoms with Gasteiger partial charge in [0, 0.05) is 42.8 Å². The fourth-order valence-electron chi connectivity index (χ4n) is 4.77. The Morgan fingerprint density at radius 2 is 1.88 bits per heavy atom. The number of benzene rings is 1. The summed E-state index contributed by atoms with van der Waals surface area (Å²) in [6, 6.07) is 11.0. The van der Waals surface area contributed by atoms with E-state index < -0.39 is 0 Å². The molecule has 3 nitrogen and oxygen atoms in total. The van der Waals surface area contributed by atoms with Gasteiger partial charge >= 0.3 is 0 Å². The molecular weight excluding hydrogens is 422 g/mol. The zero-order chi connectivity index (χ0) is 24.0. The van der Waals surface area contributed by atoms with Crippen molar-refractivity contribution in [1.29, 1.82) is 0 Å². The van der Waals surface area contributed by atoms with Gasteiger partial charge < -0.3 is 9.88 Å². The van der Waals surface area contributed by atoms with E-state index in [-0.39, 0.29) is 0 Å². The molecular formula is C29H41N3S. The Bertz CT molecular complexity index is 1000. The quantitative estimate of drug-likeness (QED) is 0.348. The van der Waals surface area contributed by atoms with Gasteiger partial charge in [-0.2, -0.15) is 0 Å². The number of nitrogens with one attached hydrogen (secondary N) is 1. The summed E-state index contributed by atoms with van der Waals surface area (Å²) in [6.45, 7) is 19.7. The van der Waals surface area contributed by atoms with E-state index >= 15 is 0 Å². The summed E-state index contributed by atoms with van der Waals surface area (Å²) in [6.07, 6.45) is 7.76. The average Bonchev–Trinajstić information content (AvgIpc) is 3.36. The summed E-state index contributed by atoms with van der Waals surface area (Å²) in [5, 5.41) is 3.65. The number of hydrogen-bond donors (Lipinski definition) is 1. The van der Waals surface area contributed by atoms with Gasteiger partial charge in [-0.05, 0) is 75.1 Å². The van der Waals surface area contributed by atoms with Crippen LogP contribution in [-0.2, 0) is 7.05 Å². The molecule has 1 aromatic carbocycles. The molecule has 1 saturated heterocycles. The second kappa shape index (κ2) is 11.8. The Kier molecular flexibility index (Phi) is 9.10. The monoisotopic (exact) mass is 463 g/mol. The summed E-state index contributed by atoms with van der Waals surface area (Å²) >= 11 is 1.91. The van der Waals surface area contributed by atoms with Crippen LogP contribution >= 0.6 is 11.9 Å². The minimum Gasteiger partial charge on any atom is -0.387 e. The van der Waals surface area contributed by atoms with Crippen molar-refractivity contribution in [2.75, 3.05) is 13.1 Å². The van der Waals surface area contributed by atoms with Crippen LogP contribution in [0, 0.1) is 13.8 Å². The molecule has 178 valence electrons. The zero-order valence-corrected chi connectivity index (χ0v) is 22.0. The summed E-state index contributed by atoms with van der Waals surface area (Å²) < 4.78 is 4.85. The number of nitrogens with zero attached hydrogens (tertiary/aromatic N) is 2. The van der Waals surface area contributed by atoms with Gasteiger partial charge in [-0.25, -0.2) is 4.31 Å². The molecule has 1 atom stereocenters. The lowest BCUT2D eigenvalue weighted by Gasteiger charge is -2.26. The van der Waals surface area contributed by atoms with Crippen molar-refractivity contribution in [3.63, 3.8) is 0 Å². The van der Waals surface area contributed by atoms with Gasteiger partial charge in [0.05, 0.1) is 10.9 Å². The zero-order valence-electron chi connectivity index (χ0n) is 21.2. The van der Waals surface area contributed by atoms with E-state index in [4.69, 9.17) is 0 Å². The highest BCUT2D eigenvalue weighted by atomic mass is 32.2. The van der Waals surface area contributed by atoms with Gasteiger partial charge in [0.15, 0.2) is 0 Å². The Hall–Kier alpha value is -2.17. The van der Waals surface area contributed by atoms with Crippen molar-refractivity contribution in [1.82, 2.24) is 14.2 Å². The van der Waals surface area contributed by atoms with Crippen molar-refractivity contribution < 1.29 is 0 Å². The molecule has 1 aromatic heterocycles. The van der Waals surface area contributed by atoms with E-state index in [9.17, 15) is 0 Å². The lowest BCUT2D eigenvalue weighted by molar-refractivity contribution is 0.464. The highest BCUT2D eigenvalue weighted by Crippen LogP contribution is 2.41. The first-order chi connectivity index (χ1) is 15.9. The smallest absolute Gasteiger partial charge is 0.0596 e. The minimum absolute atomic E-state index is 0.355. The molecule has 1 aliphatic rings. The maximum Gasteiger partial charge on any atom is 0.0596 e. The lowest BCUT2D eigenvalue weighted by Crippen LogP contribution is -2.32. The molecule has 2 heterocycles. The van der Waals surface area contributed by atoms with Crippen LogP contribution in [0.2, 0.25) is 0 Å². The van der Waals surface area contributed by atoms with Crippen LogP contribution < -0.4 is 5.32 Å². The van der Waals surface area contributed by atoms with Crippen molar-refractivity contribution in [3.05, 3.63) is 77.8 Å². The molecule has 0 aliphatic carbocycles. The van der Waals surface area contributed by atoms with E-state index in [1.165, 1.54) is 45.0 Å². The van der Waals surface area contributed by atoms with Crippen LogP contribution in [0.5, 0.6) is 0 Å². The normalized spacial score (nSPS) is 16.9. The molecule has 1 aliphatic heterocycles. The van der Waals surface area contributed by atoms with Crippen LogP contribution in [0.3, 0.4) is 0 Å². The van der Waals surface area contributed by atoms with E-state index in [1.54, 1.807) is 0 Å². The van der Waals surface area contributed by atoms with Crippen molar-refractivity contribution >= 4 is 23.1 Å². The van der Waals surface area contributed by atoms with Crippen molar-refractivity contribution in [2.45, 2.75) is 70.7 Å². The van der Waals surface area contributed by atoms with Gasteiger partial charge in [-0.15, -0.1) is 0 Å². The molecule has 1 fully saturated rings. The second-order valence-corrected chi connectivity index (χ2v) is 10.1. The Morgan fingerprint density at radius 1 is 1.15 bits per heavy atom. The molecule has 0 radical (unpaired) electrons. The number of aromatic nitrogens is 1. The highest BCUT2D eigenvalue weighted by molar-refractivity contribution is 7.97. The Labute approximate surface area is 205 Å². The third-order valence-electron chi connectivity index (χ3n) is 6.88. The lowest BCUT2D eigenvalue weighted by atomic mass is 10.0. The highest BCUT2D eigenvalue weighted by Gasteiger charge is 2.30. The molecule has 33 heavy (non-hydrogen) atoms. The average molecular weight is 464 g/mol. The fourth-order valence-corrected chi connectivity index (χ4v) is 6.24. The first kappa shape index (κ1) is 25.5. The van der Waals surface area contributed by atoms with Gasteiger partial charge in [0.1, 0.15) is 0 Å². The summed E-state index contributed by atoms with van der Waals surface area (Å²) in [7, 11) is 2.17. The van der Waals surface area contributed by atoms with Crippen LogP contribution in [0.1, 0.15) is 68.5 Å². The predicted octanol–water partition coefficient (Wildman–Crippen LogP) is 7.52. The molecule has 1 N–H and O–H groups in total. The maximum absolute atomic E-state index is 4.45. The minimum atomic E-state index is 0.355. The first-order valence-corrected chi connectivity index (χ1v) is 13.1. The van der Waals surface area contributed by atoms with Crippen LogP contribution in [0.15, 0.2) is 60.2 Å². The SMILES string of the molecule is C=C(CCC)c1c(SN2CCCC2C(=C)NCC/C(=C\C)c2ccccc2)c(C)n(C)c1C. The van der Waals surface area contributed by atoms with Crippen LogP contribution in [-0.4, -0.2) is 28.0 Å². The third-order valence-corrected chi connectivity index (χ3v) is 8.24. The fraction of sp³-hybridized carbons (Fsp3) is 0.448.